The Morgan fingerprint density at radius 1 is 1.15 bits per heavy atom. The summed E-state index contributed by atoms with van der Waals surface area (Å²) in [7, 11) is 0. The van der Waals surface area contributed by atoms with Crippen molar-refractivity contribution in [2.24, 2.45) is 0 Å². The van der Waals surface area contributed by atoms with Gasteiger partial charge in [-0.1, -0.05) is 32.8 Å². The standard InChI is InChI=1S/C18H29NO/c1-3-5-12-19(13-6-4-2)18-9-7-8-15-10-11-16(20)14-17(15)18/h10-11,14,18,20H,3-9,12-13H2,1-2H3. The van der Waals surface area contributed by atoms with E-state index < -0.39 is 0 Å². The molecule has 1 N–H and O–H groups in total. The molecule has 0 aromatic heterocycles. The second-order valence-corrected chi connectivity index (χ2v) is 6.03. The number of benzene rings is 1. The highest BCUT2D eigenvalue weighted by Crippen LogP contribution is 2.36. The van der Waals surface area contributed by atoms with Crippen molar-refractivity contribution in [2.75, 3.05) is 13.1 Å². The summed E-state index contributed by atoms with van der Waals surface area (Å²) in [6.07, 6.45) is 8.73. The average Bonchev–Trinajstić information content (AvgIpc) is 2.47. The summed E-state index contributed by atoms with van der Waals surface area (Å²) in [5.41, 5.74) is 2.82. The van der Waals surface area contributed by atoms with E-state index in [1.165, 1.54) is 69.2 Å². The molecule has 1 aliphatic carbocycles. The SMILES string of the molecule is CCCCN(CCCC)C1CCCc2ccc(O)cc21. The van der Waals surface area contributed by atoms with Crippen molar-refractivity contribution in [3.05, 3.63) is 29.3 Å². The van der Waals surface area contributed by atoms with Gasteiger partial charge in [0.1, 0.15) is 5.75 Å². The van der Waals surface area contributed by atoms with Crippen LogP contribution in [0, 0.1) is 0 Å². The van der Waals surface area contributed by atoms with E-state index in [0.717, 1.165) is 0 Å². The molecule has 2 nitrogen and oxygen atoms in total. The second kappa shape index (κ2) is 7.68. The molecule has 0 aliphatic heterocycles. The van der Waals surface area contributed by atoms with Crippen LogP contribution in [-0.2, 0) is 6.42 Å². The van der Waals surface area contributed by atoms with Crippen LogP contribution in [0.5, 0.6) is 5.75 Å². The van der Waals surface area contributed by atoms with Gasteiger partial charge in [-0.3, -0.25) is 4.90 Å². The fourth-order valence-corrected chi connectivity index (χ4v) is 3.29. The molecule has 20 heavy (non-hydrogen) atoms. The summed E-state index contributed by atoms with van der Waals surface area (Å²) in [5.74, 6) is 0.418. The molecule has 1 aromatic carbocycles. The second-order valence-electron chi connectivity index (χ2n) is 6.03. The number of aryl methyl sites for hydroxylation is 1. The molecule has 112 valence electrons. The lowest BCUT2D eigenvalue weighted by Gasteiger charge is -2.36. The van der Waals surface area contributed by atoms with Gasteiger partial charge in [0.2, 0.25) is 0 Å². The molecular weight excluding hydrogens is 246 g/mol. The van der Waals surface area contributed by atoms with Crippen molar-refractivity contribution in [3.63, 3.8) is 0 Å². The van der Waals surface area contributed by atoms with E-state index in [-0.39, 0.29) is 0 Å². The minimum Gasteiger partial charge on any atom is -0.508 e. The third kappa shape index (κ3) is 3.76. The van der Waals surface area contributed by atoms with E-state index in [4.69, 9.17) is 0 Å². The predicted octanol–water partition coefficient (Wildman–Crippen LogP) is 4.67. The minimum atomic E-state index is 0.418. The van der Waals surface area contributed by atoms with Gasteiger partial charge in [0.25, 0.3) is 0 Å². The number of hydrogen-bond donors (Lipinski definition) is 1. The normalized spacial score (nSPS) is 18.2. The van der Waals surface area contributed by atoms with Gasteiger partial charge < -0.3 is 5.11 Å². The first-order chi connectivity index (χ1) is 9.76. The fraction of sp³-hybridized carbons (Fsp3) is 0.667. The molecule has 0 heterocycles. The first-order valence-electron chi connectivity index (χ1n) is 8.32. The number of aromatic hydroxyl groups is 1. The van der Waals surface area contributed by atoms with Crippen molar-refractivity contribution in [1.29, 1.82) is 0 Å². The maximum atomic E-state index is 9.82. The van der Waals surface area contributed by atoms with E-state index in [1.807, 2.05) is 12.1 Å². The van der Waals surface area contributed by atoms with Crippen molar-refractivity contribution in [3.8, 4) is 5.75 Å². The van der Waals surface area contributed by atoms with Crippen LogP contribution in [0.3, 0.4) is 0 Å². The van der Waals surface area contributed by atoms with Gasteiger partial charge in [0.05, 0.1) is 0 Å². The highest BCUT2D eigenvalue weighted by Gasteiger charge is 2.25. The van der Waals surface area contributed by atoms with Crippen molar-refractivity contribution in [2.45, 2.75) is 64.8 Å². The summed E-state index contributed by atoms with van der Waals surface area (Å²) in [4.78, 5) is 2.66. The van der Waals surface area contributed by atoms with E-state index in [0.29, 0.717) is 11.8 Å². The Morgan fingerprint density at radius 3 is 2.50 bits per heavy atom. The summed E-state index contributed by atoms with van der Waals surface area (Å²) in [5, 5.41) is 9.82. The molecule has 2 rings (SSSR count). The third-order valence-electron chi connectivity index (χ3n) is 4.45. The molecule has 0 saturated carbocycles. The summed E-state index contributed by atoms with van der Waals surface area (Å²) in [6.45, 7) is 6.91. The lowest BCUT2D eigenvalue weighted by Crippen LogP contribution is -2.33. The van der Waals surface area contributed by atoms with Crippen LogP contribution in [0.15, 0.2) is 18.2 Å². The third-order valence-corrected chi connectivity index (χ3v) is 4.45. The lowest BCUT2D eigenvalue weighted by atomic mass is 9.86. The smallest absolute Gasteiger partial charge is 0.115 e. The largest absolute Gasteiger partial charge is 0.508 e. The van der Waals surface area contributed by atoms with Crippen molar-refractivity contribution < 1.29 is 5.11 Å². The number of phenolic OH excluding ortho intramolecular Hbond substituents is 1. The van der Waals surface area contributed by atoms with E-state index >= 15 is 0 Å². The molecule has 0 radical (unpaired) electrons. The highest BCUT2D eigenvalue weighted by atomic mass is 16.3. The summed E-state index contributed by atoms with van der Waals surface area (Å²) in [6, 6.07) is 6.48. The van der Waals surface area contributed by atoms with Crippen LogP contribution in [0.1, 0.15) is 69.5 Å². The summed E-state index contributed by atoms with van der Waals surface area (Å²) < 4.78 is 0. The molecule has 1 atom stereocenters. The number of unbranched alkanes of at least 4 members (excludes halogenated alkanes) is 2. The highest BCUT2D eigenvalue weighted by molar-refractivity contribution is 5.38. The zero-order valence-electron chi connectivity index (χ0n) is 13.1. The van der Waals surface area contributed by atoms with Gasteiger partial charge in [-0.05, 0) is 68.5 Å². The molecule has 0 fully saturated rings. The summed E-state index contributed by atoms with van der Waals surface area (Å²) >= 11 is 0. The molecule has 1 unspecified atom stereocenters. The van der Waals surface area contributed by atoms with E-state index in [1.54, 1.807) is 0 Å². The first-order valence-corrected chi connectivity index (χ1v) is 8.32. The molecule has 0 spiro atoms. The van der Waals surface area contributed by atoms with Gasteiger partial charge in [0.15, 0.2) is 0 Å². The number of fused-ring (bicyclic) bond motifs is 1. The lowest BCUT2D eigenvalue weighted by molar-refractivity contribution is 0.173. The Morgan fingerprint density at radius 2 is 1.85 bits per heavy atom. The molecule has 0 bridgehead atoms. The molecule has 0 amide bonds. The Bertz CT molecular complexity index is 408. The van der Waals surface area contributed by atoms with Crippen molar-refractivity contribution in [1.82, 2.24) is 4.90 Å². The molecule has 2 heteroatoms. The van der Waals surface area contributed by atoms with Crippen LogP contribution in [0.4, 0.5) is 0 Å². The van der Waals surface area contributed by atoms with Gasteiger partial charge in [-0.25, -0.2) is 0 Å². The Hall–Kier alpha value is -1.02. The maximum Gasteiger partial charge on any atom is 0.115 e. The Labute approximate surface area is 123 Å². The van der Waals surface area contributed by atoms with Crippen molar-refractivity contribution >= 4 is 0 Å². The van der Waals surface area contributed by atoms with Crippen LogP contribution >= 0.6 is 0 Å². The fourth-order valence-electron chi connectivity index (χ4n) is 3.29. The van der Waals surface area contributed by atoms with Gasteiger partial charge in [-0.2, -0.15) is 0 Å². The molecule has 1 aliphatic rings. The van der Waals surface area contributed by atoms with Crippen LogP contribution in [0.25, 0.3) is 0 Å². The zero-order valence-corrected chi connectivity index (χ0v) is 13.1. The number of rotatable bonds is 7. The number of phenols is 1. The molecule has 1 aromatic rings. The maximum absolute atomic E-state index is 9.82. The van der Waals surface area contributed by atoms with Crippen LogP contribution in [0.2, 0.25) is 0 Å². The van der Waals surface area contributed by atoms with Crippen LogP contribution in [-0.4, -0.2) is 23.1 Å². The number of hydrogen-bond acceptors (Lipinski definition) is 2. The number of nitrogens with zero attached hydrogens (tertiary/aromatic N) is 1. The minimum absolute atomic E-state index is 0.418. The Balaban J connectivity index is 2.18. The van der Waals surface area contributed by atoms with Gasteiger partial charge in [-0.15, -0.1) is 0 Å². The zero-order chi connectivity index (χ0) is 14.4. The monoisotopic (exact) mass is 275 g/mol. The van der Waals surface area contributed by atoms with E-state index in [9.17, 15) is 5.11 Å². The van der Waals surface area contributed by atoms with E-state index in [2.05, 4.69) is 24.8 Å². The molecular formula is C18H29NO. The quantitative estimate of drug-likeness (QED) is 0.781. The Kier molecular flexibility index (Phi) is 5.90. The molecule has 0 saturated heterocycles. The predicted molar refractivity (Wildman–Crippen MR) is 85.2 cm³/mol. The average molecular weight is 275 g/mol. The van der Waals surface area contributed by atoms with Gasteiger partial charge in [0, 0.05) is 6.04 Å². The topological polar surface area (TPSA) is 23.5 Å². The first kappa shape index (κ1) is 15.4. The van der Waals surface area contributed by atoms with Gasteiger partial charge >= 0.3 is 0 Å². The van der Waals surface area contributed by atoms with Crippen LogP contribution < -0.4 is 0 Å².